The van der Waals surface area contributed by atoms with E-state index in [1.54, 1.807) is 6.92 Å². The Kier molecular flexibility index (Phi) is 2.86. The molecule has 0 saturated carbocycles. The van der Waals surface area contributed by atoms with Crippen molar-refractivity contribution in [3.05, 3.63) is 24.4 Å². The number of nitrogens with one attached hydrogen (secondary N) is 2. The molecule has 0 bridgehead atoms. The zero-order valence-corrected chi connectivity index (χ0v) is 6.54. The molecular weight excluding hydrogens is 140 g/mol. The Morgan fingerprint density at radius 2 is 2.45 bits per heavy atom. The summed E-state index contributed by atoms with van der Waals surface area (Å²) in [5.41, 5.74) is 0. The number of hydrogen-bond donors (Lipinski definition) is 2. The standard InChI is InChI=1S/C8H12N2O/c1-7(11)6-10-8-4-2-3-5-9-8/h2-5,7,11H,6H2,1H3,(H,9,10)/p+1/t7-/m1/s1. The predicted molar refractivity (Wildman–Crippen MR) is 43.2 cm³/mol. The monoisotopic (exact) mass is 153 g/mol. The molecule has 3 nitrogen and oxygen atoms in total. The van der Waals surface area contributed by atoms with Gasteiger partial charge in [-0.2, -0.15) is 0 Å². The second kappa shape index (κ2) is 3.93. The fraction of sp³-hybridized carbons (Fsp3) is 0.375. The van der Waals surface area contributed by atoms with Crippen LogP contribution in [0.4, 0.5) is 5.82 Å². The van der Waals surface area contributed by atoms with Gasteiger partial charge in [0.15, 0.2) is 0 Å². The van der Waals surface area contributed by atoms with Crippen molar-refractivity contribution in [2.45, 2.75) is 13.0 Å². The van der Waals surface area contributed by atoms with Crippen molar-refractivity contribution in [1.29, 1.82) is 0 Å². The van der Waals surface area contributed by atoms with Crippen LogP contribution in [0.15, 0.2) is 24.4 Å². The maximum Gasteiger partial charge on any atom is 0.272 e. The second-order valence-electron chi connectivity index (χ2n) is 2.51. The molecule has 0 fully saturated rings. The molecular formula is C8H13N2O+. The maximum atomic E-state index is 8.94. The van der Waals surface area contributed by atoms with Gasteiger partial charge < -0.3 is 5.11 Å². The molecule has 1 aromatic heterocycles. The van der Waals surface area contributed by atoms with Gasteiger partial charge in [-0.05, 0) is 13.0 Å². The minimum Gasteiger partial charge on any atom is -0.389 e. The van der Waals surface area contributed by atoms with Crippen molar-refractivity contribution in [2.75, 3.05) is 11.9 Å². The minimum atomic E-state index is -0.316. The molecule has 1 aromatic rings. The number of H-pyrrole nitrogens is 1. The van der Waals surface area contributed by atoms with Gasteiger partial charge in [-0.3, -0.25) is 5.32 Å². The lowest BCUT2D eigenvalue weighted by Gasteiger charge is -1.99. The number of pyridine rings is 1. The predicted octanol–water partition coefficient (Wildman–Crippen LogP) is 0.293. The van der Waals surface area contributed by atoms with Gasteiger partial charge in [0.25, 0.3) is 5.82 Å². The third-order valence-electron chi connectivity index (χ3n) is 1.30. The Morgan fingerprint density at radius 1 is 1.64 bits per heavy atom. The highest BCUT2D eigenvalue weighted by molar-refractivity contribution is 5.26. The van der Waals surface area contributed by atoms with Crippen molar-refractivity contribution in [3.63, 3.8) is 0 Å². The van der Waals surface area contributed by atoms with Crippen LogP contribution in [-0.4, -0.2) is 17.8 Å². The Hall–Kier alpha value is -1.09. The van der Waals surface area contributed by atoms with E-state index in [1.165, 1.54) is 0 Å². The minimum absolute atomic E-state index is 0.316. The van der Waals surface area contributed by atoms with E-state index >= 15 is 0 Å². The van der Waals surface area contributed by atoms with Crippen LogP contribution in [0, 0.1) is 0 Å². The van der Waals surface area contributed by atoms with Crippen molar-refractivity contribution in [3.8, 4) is 0 Å². The molecule has 1 rings (SSSR count). The molecule has 0 radical (unpaired) electrons. The zero-order valence-electron chi connectivity index (χ0n) is 6.54. The molecule has 3 heteroatoms. The van der Waals surface area contributed by atoms with Gasteiger partial charge in [-0.25, -0.2) is 4.98 Å². The highest BCUT2D eigenvalue weighted by Gasteiger charge is 2.00. The van der Waals surface area contributed by atoms with Gasteiger partial charge in [-0.1, -0.05) is 6.07 Å². The zero-order chi connectivity index (χ0) is 8.10. The average molecular weight is 153 g/mol. The van der Waals surface area contributed by atoms with Crippen LogP contribution in [0.5, 0.6) is 0 Å². The average Bonchev–Trinajstić information content (AvgIpc) is 2.03. The van der Waals surface area contributed by atoms with Crippen molar-refractivity contribution in [2.24, 2.45) is 0 Å². The third kappa shape index (κ3) is 3.00. The largest absolute Gasteiger partial charge is 0.389 e. The maximum absolute atomic E-state index is 8.94. The van der Waals surface area contributed by atoms with Crippen LogP contribution < -0.4 is 10.3 Å². The van der Waals surface area contributed by atoms with Gasteiger partial charge in [0.1, 0.15) is 6.54 Å². The number of aliphatic hydroxyl groups is 1. The van der Waals surface area contributed by atoms with Gasteiger partial charge in [0, 0.05) is 6.07 Å². The molecule has 0 unspecified atom stereocenters. The van der Waals surface area contributed by atoms with Crippen LogP contribution in [0.2, 0.25) is 0 Å². The van der Waals surface area contributed by atoms with Gasteiger partial charge in [0.2, 0.25) is 0 Å². The summed E-state index contributed by atoms with van der Waals surface area (Å²) in [4.78, 5) is 3.00. The summed E-state index contributed by atoms with van der Waals surface area (Å²) < 4.78 is 0. The fourth-order valence-electron chi connectivity index (χ4n) is 0.761. The molecule has 1 atom stereocenters. The Bertz CT molecular complexity index is 199. The van der Waals surface area contributed by atoms with Crippen LogP contribution in [0.1, 0.15) is 6.92 Å². The first-order valence-corrected chi connectivity index (χ1v) is 3.67. The lowest BCUT2D eigenvalue weighted by Crippen LogP contribution is -2.20. The van der Waals surface area contributed by atoms with E-state index in [4.69, 9.17) is 5.11 Å². The Morgan fingerprint density at radius 3 is 3.00 bits per heavy atom. The van der Waals surface area contributed by atoms with Crippen molar-refractivity contribution < 1.29 is 10.1 Å². The molecule has 3 N–H and O–H groups in total. The van der Waals surface area contributed by atoms with E-state index in [0.717, 1.165) is 5.82 Å². The van der Waals surface area contributed by atoms with E-state index in [-0.39, 0.29) is 6.10 Å². The molecule has 0 amide bonds. The van der Waals surface area contributed by atoms with E-state index in [1.807, 2.05) is 24.4 Å². The topological polar surface area (TPSA) is 46.4 Å². The highest BCUT2D eigenvalue weighted by atomic mass is 16.3. The number of aromatic amines is 1. The van der Waals surface area contributed by atoms with E-state index < -0.39 is 0 Å². The van der Waals surface area contributed by atoms with Crippen LogP contribution >= 0.6 is 0 Å². The van der Waals surface area contributed by atoms with Crippen molar-refractivity contribution in [1.82, 2.24) is 0 Å². The smallest absolute Gasteiger partial charge is 0.272 e. The van der Waals surface area contributed by atoms with Crippen molar-refractivity contribution >= 4 is 5.82 Å². The second-order valence-corrected chi connectivity index (χ2v) is 2.51. The fourth-order valence-corrected chi connectivity index (χ4v) is 0.761. The Balaban J connectivity index is 2.39. The summed E-state index contributed by atoms with van der Waals surface area (Å²) in [5.74, 6) is 0.924. The first-order valence-electron chi connectivity index (χ1n) is 3.67. The van der Waals surface area contributed by atoms with Gasteiger partial charge >= 0.3 is 0 Å². The van der Waals surface area contributed by atoms with E-state index in [0.29, 0.717) is 6.54 Å². The molecule has 11 heavy (non-hydrogen) atoms. The number of anilines is 1. The van der Waals surface area contributed by atoms with E-state index in [9.17, 15) is 0 Å². The molecule has 1 heterocycles. The molecule has 60 valence electrons. The molecule has 0 aliphatic carbocycles. The Labute approximate surface area is 66.1 Å². The molecule has 0 aliphatic rings. The number of hydrogen-bond acceptors (Lipinski definition) is 2. The van der Waals surface area contributed by atoms with Crippen LogP contribution in [0.25, 0.3) is 0 Å². The quantitative estimate of drug-likeness (QED) is 0.655. The first-order chi connectivity index (χ1) is 5.29. The highest BCUT2D eigenvalue weighted by Crippen LogP contribution is 1.93. The van der Waals surface area contributed by atoms with Crippen LogP contribution in [-0.2, 0) is 0 Å². The van der Waals surface area contributed by atoms with Gasteiger partial charge in [0.05, 0.1) is 12.3 Å². The lowest BCUT2D eigenvalue weighted by atomic mass is 10.4. The number of rotatable bonds is 3. The number of aromatic nitrogens is 1. The molecule has 0 spiro atoms. The van der Waals surface area contributed by atoms with E-state index in [2.05, 4.69) is 10.3 Å². The normalized spacial score (nSPS) is 12.5. The first kappa shape index (κ1) is 8.01. The lowest BCUT2D eigenvalue weighted by molar-refractivity contribution is -0.361. The van der Waals surface area contributed by atoms with Gasteiger partial charge in [-0.15, -0.1) is 0 Å². The molecule has 0 aromatic carbocycles. The third-order valence-corrected chi connectivity index (χ3v) is 1.30. The summed E-state index contributed by atoms with van der Waals surface area (Å²) in [6.07, 6.45) is 1.52. The summed E-state index contributed by atoms with van der Waals surface area (Å²) in [7, 11) is 0. The summed E-state index contributed by atoms with van der Waals surface area (Å²) in [6.45, 7) is 2.32. The summed E-state index contributed by atoms with van der Waals surface area (Å²) in [5, 5.41) is 12.0. The summed E-state index contributed by atoms with van der Waals surface area (Å²) >= 11 is 0. The summed E-state index contributed by atoms with van der Waals surface area (Å²) in [6, 6.07) is 5.76. The molecule has 0 saturated heterocycles. The van der Waals surface area contributed by atoms with Crippen LogP contribution in [0.3, 0.4) is 0 Å². The molecule has 0 aliphatic heterocycles. The number of aliphatic hydroxyl groups excluding tert-OH is 1. The SMILES string of the molecule is C[C@@H](O)CNc1cccc[nH+]1.